The summed E-state index contributed by atoms with van der Waals surface area (Å²) in [5, 5.41) is 2.34. The number of ether oxygens (including phenoxy) is 3. The van der Waals surface area contributed by atoms with Crippen LogP contribution < -0.4 is 10.4 Å². The van der Waals surface area contributed by atoms with Crippen LogP contribution in [0.15, 0.2) is 60.7 Å². The summed E-state index contributed by atoms with van der Waals surface area (Å²) in [7, 11) is -0.163. The Morgan fingerprint density at radius 3 is 1.85 bits per heavy atom. The minimum atomic E-state index is -2.73. The first kappa shape index (κ1) is 43.7. The summed E-state index contributed by atoms with van der Waals surface area (Å²) in [6.07, 6.45) is 1.73. The summed E-state index contributed by atoms with van der Waals surface area (Å²) < 4.78 is 31.3. The predicted molar refractivity (Wildman–Crippen MR) is 212 cm³/mol. The van der Waals surface area contributed by atoms with E-state index in [0.717, 1.165) is 12.8 Å². The van der Waals surface area contributed by atoms with Crippen molar-refractivity contribution < 1.29 is 37.4 Å². The van der Waals surface area contributed by atoms with Gasteiger partial charge in [0.15, 0.2) is 8.32 Å². The van der Waals surface area contributed by atoms with Gasteiger partial charge in [-0.3, -0.25) is 9.59 Å². The van der Waals surface area contributed by atoms with Gasteiger partial charge in [-0.2, -0.15) is 0 Å². The number of carbonyl (C=O) groups is 3. The van der Waals surface area contributed by atoms with Crippen molar-refractivity contribution in [1.29, 1.82) is 0 Å². The molecule has 2 aromatic rings. The quantitative estimate of drug-likeness (QED) is 0.0926. The molecule has 0 aliphatic carbocycles. The first-order valence-electron chi connectivity index (χ1n) is 18.9. The van der Waals surface area contributed by atoms with Gasteiger partial charge in [-0.1, -0.05) is 95.3 Å². The summed E-state index contributed by atoms with van der Waals surface area (Å²) in [6, 6.07) is 20.6. The van der Waals surface area contributed by atoms with Crippen LogP contribution in [0.25, 0.3) is 0 Å². The second kappa shape index (κ2) is 19.6. The zero-order valence-corrected chi connectivity index (χ0v) is 35.6. The van der Waals surface area contributed by atoms with Gasteiger partial charge in [0, 0.05) is 33.3 Å². The third-order valence-corrected chi connectivity index (χ3v) is 16.2. The molecular weight excluding hydrogens is 691 g/mol. The van der Waals surface area contributed by atoms with Crippen LogP contribution in [0.2, 0.25) is 24.7 Å². The van der Waals surface area contributed by atoms with E-state index in [1.165, 1.54) is 22.4 Å². The highest BCUT2D eigenvalue weighted by Crippen LogP contribution is 2.37. The number of Topliss-reactive ketones (excluding diaryl/α,β-unsaturated/α-hetero) is 1. The van der Waals surface area contributed by atoms with E-state index in [9.17, 15) is 14.4 Å². The standard InChI is InChI=1S/C41H65NO8Si2/c1-30(29-49-52(41(3,4)5,32-20-14-12-15-21-32)33-22-16-13-17-23-33)26-36(46-6)39(50-51(9,10)11)37(47-7)27-31(2)35(43)28-38(44)42-25-19-18-24-34(42)40(45)48-8/h12-17,20-23,30-31,34,36-37,39H,18-19,24-29H2,1-11H3/t30-,31+,34+,36+,37+,39-/m1/s1. The highest BCUT2D eigenvalue weighted by atomic mass is 28.4. The van der Waals surface area contributed by atoms with Gasteiger partial charge in [-0.25, -0.2) is 4.79 Å². The van der Waals surface area contributed by atoms with Crippen LogP contribution in [-0.2, 0) is 37.4 Å². The van der Waals surface area contributed by atoms with Crippen molar-refractivity contribution in [2.45, 2.75) is 122 Å². The summed E-state index contributed by atoms with van der Waals surface area (Å²) in [5.41, 5.74) is 0. The molecule has 0 bridgehead atoms. The number of hydrogen-bond donors (Lipinski definition) is 0. The van der Waals surface area contributed by atoms with Gasteiger partial charge in [-0.05, 0) is 73.1 Å². The van der Waals surface area contributed by atoms with Crippen LogP contribution in [0.5, 0.6) is 0 Å². The van der Waals surface area contributed by atoms with Gasteiger partial charge in [-0.15, -0.1) is 0 Å². The lowest BCUT2D eigenvalue weighted by molar-refractivity contribution is -0.155. The monoisotopic (exact) mass is 755 g/mol. The van der Waals surface area contributed by atoms with Crippen molar-refractivity contribution in [1.82, 2.24) is 4.90 Å². The largest absolute Gasteiger partial charge is 0.467 e. The minimum Gasteiger partial charge on any atom is -0.467 e. The Bertz CT molecular complexity index is 1370. The highest BCUT2D eigenvalue weighted by Gasteiger charge is 2.50. The number of benzene rings is 2. The Morgan fingerprint density at radius 2 is 1.37 bits per heavy atom. The van der Waals surface area contributed by atoms with Gasteiger partial charge in [0.1, 0.15) is 11.8 Å². The molecule has 1 amide bonds. The molecule has 52 heavy (non-hydrogen) atoms. The Hall–Kier alpha value is -2.68. The van der Waals surface area contributed by atoms with Crippen LogP contribution in [-0.4, -0.2) is 98.0 Å². The van der Waals surface area contributed by atoms with Crippen LogP contribution >= 0.6 is 0 Å². The van der Waals surface area contributed by atoms with Gasteiger partial charge in [0.05, 0.1) is 31.8 Å². The molecule has 6 atom stereocenters. The van der Waals surface area contributed by atoms with E-state index in [0.29, 0.717) is 32.4 Å². The maximum Gasteiger partial charge on any atom is 0.328 e. The van der Waals surface area contributed by atoms with E-state index in [2.05, 4.69) is 108 Å². The van der Waals surface area contributed by atoms with Crippen molar-refractivity contribution in [3.63, 3.8) is 0 Å². The molecule has 0 spiro atoms. The third kappa shape index (κ3) is 11.4. The fourth-order valence-corrected chi connectivity index (χ4v) is 13.3. The van der Waals surface area contributed by atoms with E-state index in [-0.39, 0.29) is 35.2 Å². The fourth-order valence-electron chi connectivity index (χ4n) is 7.54. The van der Waals surface area contributed by atoms with E-state index in [1.807, 2.05) is 6.92 Å². The Balaban J connectivity index is 1.80. The molecule has 0 aromatic heterocycles. The molecule has 290 valence electrons. The number of rotatable bonds is 19. The molecule has 0 radical (unpaired) electrons. The first-order valence-corrected chi connectivity index (χ1v) is 24.2. The number of likely N-dealkylation sites (tertiary alicyclic amines) is 1. The molecule has 1 aliphatic rings. The molecule has 1 fully saturated rings. The Kier molecular flexibility index (Phi) is 16.5. The average Bonchev–Trinajstić information content (AvgIpc) is 3.11. The lowest BCUT2D eigenvalue weighted by atomic mass is 9.90. The summed E-state index contributed by atoms with van der Waals surface area (Å²) >= 11 is 0. The molecule has 1 saturated heterocycles. The lowest BCUT2D eigenvalue weighted by Gasteiger charge is -2.44. The Morgan fingerprint density at radius 1 is 0.827 bits per heavy atom. The van der Waals surface area contributed by atoms with Crippen molar-refractivity contribution >= 4 is 44.7 Å². The molecule has 0 unspecified atom stereocenters. The van der Waals surface area contributed by atoms with Crippen LogP contribution in [0.4, 0.5) is 0 Å². The topological polar surface area (TPSA) is 101 Å². The van der Waals surface area contributed by atoms with Crippen LogP contribution in [0, 0.1) is 11.8 Å². The Labute approximate surface area is 315 Å². The molecule has 11 heteroatoms. The molecule has 0 saturated carbocycles. The van der Waals surface area contributed by atoms with E-state index in [4.69, 9.17) is 23.1 Å². The number of carbonyl (C=O) groups excluding carboxylic acids is 3. The zero-order chi connectivity index (χ0) is 38.7. The van der Waals surface area contributed by atoms with Crippen molar-refractivity contribution in [3.8, 4) is 0 Å². The number of piperidine rings is 1. The number of methoxy groups -OCH3 is 3. The van der Waals surface area contributed by atoms with E-state index >= 15 is 0 Å². The predicted octanol–water partition coefficient (Wildman–Crippen LogP) is 6.38. The summed E-state index contributed by atoms with van der Waals surface area (Å²) in [4.78, 5) is 40.7. The first-order chi connectivity index (χ1) is 24.5. The van der Waals surface area contributed by atoms with Crippen molar-refractivity contribution in [2.75, 3.05) is 34.5 Å². The fraction of sp³-hybridized carbons (Fsp3) is 0.634. The van der Waals surface area contributed by atoms with Gasteiger partial charge < -0.3 is 28.0 Å². The van der Waals surface area contributed by atoms with Gasteiger partial charge >= 0.3 is 5.97 Å². The smallest absolute Gasteiger partial charge is 0.328 e. The third-order valence-electron chi connectivity index (χ3n) is 10.2. The van der Waals surface area contributed by atoms with Crippen molar-refractivity contribution in [2.24, 2.45) is 11.8 Å². The molecule has 1 aliphatic heterocycles. The van der Waals surface area contributed by atoms with Crippen LogP contribution in [0.3, 0.4) is 0 Å². The number of ketones is 1. The number of esters is 1. The minimum absolute atomic E-state index is 0.112. The summed E-state index contributed by atoms with van der Waals surface area (Å²) in [6.45, 7) is 18.3. The average molecular weight is 756 g/mol. The molecule has 0 N–H and O–H groups in total. The highest BCUT2D eigenvalue weighted by molar-refractivity contribution is 6.99. The SMILES string of the molecule is COC(=O)[C@@H]1CCCCN1C(=O)CC(=O)[C@@H](C)C[C@H](OC)[C@H](O[Si](C)(C)C)[C@H](C[C@@H](C)CO[Si](c1ccccc1)(c1ccccc1)C(C)(C)C)OC. The number of nitrogens with zero attached hydrogens (tertiary/aromatic N) is 1. The van der Waals surface area contributed by atoms with E-state index in [1.54, 1.807) is 14.2 Å². The second-order valence-corrected chi connectivity index (χ2v) is 25.2. The van der Waals surface area contributed by atoms with Crippen LogP contribution in [0.1, 0.15) is 73.1 Å². The van der Waals surface area contributed by atoms with E-state index < -0.39 is 46.8 Å². The van der Waals surface area contributed by atoms with Gasteiger partial charge in [0.25, 0.3) is 8.32 Å². The zero-order valence-electron chi connectivity index (χ0n) is 33.6. The van der Waals surface area contributed by atoms with Gasteiger partial charge in [0.2, 0.25) is 5.91 Å². The van der Waals surface area contributed by atoms with Crippen molar-refractivity contribution in [3.05, 3.63) is 60.7 Å². The normalized spacial score (nSPS) is 18.6. The number of amides is 1. The maximum absolute atomic E-state index is 13.5. The lowest BCUT2D eigenvalue weighted by Crippen LogP contribution is -2.66. The molecule has 2 aromatic carbocycles. The molecule has 9 nitrogen and oxygen atoms in total. The molecular formula is C41H65NO8Si2. The molecule has 3 rings (SSSR count). The number of hydrogen-bond acceptors (Lipinski definition) is 8. The second-order valence-electron chi connectivity index (χ2n) is 16.5. The maximum atomic E-state index is 13.5. The summed E-state index contributed by atoms with van der Waals surface area (Å²) in [5.74, 6) is -1.32. The molecule has 1 heterocycles.